The van der Waals surface area contributed by atoms with Crippen LogP contribution in [-0.2, 0) is 6.42 Å². The van der Waals surface area contributed by atoms with E-state index >= 15 is 0 Å². The van der Waals surface area contributed by atoms with Gasteiger partial charge in [-0.25, -0.2) is 0 Å². The van der Waals surface area contributed by atoms with Crippen LogP contribution >= 0.6 is 24.8 Å². The fraction of sp³-hybridized carbons (Fsp3) is 0.474. The third-order valence-electron chi connectivity index (χ3n) is 5.25. The van der Waals surface area contributed by atoms with E-state index < -0.39 is 0 Å². The first-order valence-corrected chi connectivity index (χ1v) is 8.61. The summed E-state index contributed by atoms with van der Waals surface area (Å²) in [6, 6.07) is 8.95. The number of amides is 1. The van der Waals surface area contributed by atoms with Gasteiger partial charge in [0.05, 0.1) is 11.1 Å². The molecule has 0 radical (unpaired) electrons. The highest BCUT2D eigenvalue weighted by Gasteiger charge is 2.40. The number of aromatic nitrogens is 1. The van der Waals surface area contributed by atoms with Crippen LogP contribution in [0.25, 0.3) is 10.9 Å². The van der Waals surface area contributed by atoms with E-state index in [1.165, 1.54) is 5.56 Å². The van der Waals surface area contributed by atoms with Crippen LogP contribution in [0.15, 0.2) is 24.3 Å². The van der Waals surface area contributed by atoms with Crippen molar-refractivity contribution in [2.45, 2.75) is 45.2 Å². The van der Waals surface area contributed by atoms with Gasteiger partial charge in [0.15, 0.2) is 0 Å². The van der Waals surface area contributed by atoms with E-state index in [1.807, 2.05) is 19.1 Å². The summed E-state index contributed by atoms with van der Waals surface area (Å²) >= 11 is 0. The second kappa shape index (κ2) is 7.90. The molecule has 6 heteroatoms. The van der Waals surface area contributed by atoms with Crippen LogP contribution in [0.5, 0.6) is 0 Å². The highest BCUT2D eigenvalue weighted by molar-refractivity contribution is 6.06. The van der Waals surface area contributed by atoms with E-state index in [-0.39, 0.29) is 30.7 Å². The number of aryl methyl sites for hydroxylation is 2. The Labute approximate surface area is 161 Å². The molecule has 25 heavy (non-hydrogen) atoms. The molecule has 1 amide bonds. The SMILES string of the molecule is CCc1ccc2nc(C)cc(C(=O)N3[C@@H]4CC[C@H]3CNC4)c2c1.Cl.Cl. The minimum absolute atomic E-state index is 0. The van der Waals surface area contributed by atoms with Gasteiger partial charge in [0.25, 0.3) is 5.91 Å². The number of rotatable bonds is 2. The van der Waals surface area contributed by atoms with Crippen LogP contribution in [0, 0.1) is 6.92 Å². The van der Waals surface area contributed by atoms with Crippen molar-refractivity contribution in [1.29, 1.82) is 0 Å². The van der Waals surface area contributed by atoms with Crippen LogP contribution in [0.3, 0.4) is 0 Å². The maximum Gasteiger partial charge on any atom is 0.255 e. The molecule has 136 valence electrons. The molecule has 2 aliphatic heterocycles. The van der Waals surface area contributed by atoms with Crippen LogP contribution in [0.1, 0.15) is 41.4 Å². The first kappa shape index (κ1) is 20.0. The van der Waals surface area contributed by atoms with Crippen molar-refractivity contribution in [1.82, 2.24) is 15.2 Å². The average molecular weight is 382 g/mol. The van der Waals surface area contributed by atoms with Crippen molar-refractivity contribution in [3.05, 3.63) is 41.1 Å². The Bertz CT molecular complexity index is 765. The van der Waals surface area contributed by atoms with E-state index in [0.717, 1.165) is 54.5 Å². The Kier molecular flexibility index (Phi) is 6.30. The van der Waals surface area contributed by atoms with Crippen LogP contribution in [-0.4, -0.2) is 41.0 Å². The van der Waals surface area contributed by atoms with Gasteiger partial charge in [0.1, 0.15) is 0 Å². The Hall–Kier alpha value is -1.36. The molecule has 1 aromatic carbocycles. The lowest BCUT2D eigenvalue weighted by Crippen LogP contribution is -2.54. The lowest BCUT2D eigenvalue weighted by molar-refractivity contribution is 0.0621. The number of nitrogens with one attached hydrogen (secondary N) is 1. The number of fused-ring (bicyclic) bond motifs is 3. The summed E-state index contributed by atoms with van der Waals surface area (Å²) in [5, 5.41) is 4.44. The molecule has 2 atom stereocenters. The maximum atomic E-state index is 13.3. The molecule has 1 N–H and O–H groups in total. The monoisotopic (exact) mass is 381 g/mol. The summed E-state index contributed by atoms with van der Waals surface area (Å²) in [7, 11) is 0. The molecule has 4 rings (SSSR count). The molecule has 2 fully saturated rings. The van der Waals surface area contributed by atoms with Crippen LogP contribution in [0.2, 0.25) is 0 Å². The van der Waals surface area contributed by atoms with Gasteiger partial charge in [-0.3, -0.25) is 9.78 Å². The number of piperazine rings is 1. The number of hydrogen-bond donors (Lipinski definition) is 1. The predicted octanol–water partition coefficient (Wildman–Crippen LogP) is 3.53. The smallest absolute Gasteiger partial charge is 0.255 e. The third-order valence-corrected chi connectivity index (χ3v) is 5.25. The lowest BCUT2D eigenvalue weighted by atomic mass is 10.0. The van der Waals surface area contributed by atoms with Gasteiger partial charge in [-0.15, -0.1) is 24.8 Å². The fourth-order valence-corrected chi connectivity index (χ4v) is 4.05. The van der Waals surface area contributed by atoms with Gasteiger partial charge in [-0.05, 0) is 49.9 Å². The number of carbonyl (C=O) groups excluding carboxylic acids is 1. The molecular weight excluding hydrogens is 357 g/mol. The van der Waals surface area contributed by atoms with Crippen molar-refractivity contribution in [2.24, 2.45) is 0 Å². The second-order valence-corrected chi connectivity index (χ2v) is 6.77. The third kappa shape index (κ3) is 3.48. The van der Waals surface area contributed by atoms with Crippen molar-refractivity contribution in [2.75, 3.05) is 13.1 Å². The van der Waals surface area contributed by atoms with E-state index in [9.17, 15) is 4.79 Å². The van der Waals surface area contributed by atoms with Crippen molar-refractivity contribution >= 4 is 41.6 Å². The maximum absolute atomic E-state index is 13.3. The van der Waals surface area contributed by atoms with Gasteiger partial charge >= 0.3 is 0 Å². The highest BCUT2D eigenvalue weighted by atomic mass is 35.5. The van der Waals surface area contributed by atoms with Gasteiger partial charge in [-0.2, -0.15) is 0 Å². The van der Waals surface area contributed by atoms with E-state index in [1.54, 1.807) is 0 Å². The number of halogens is 2. The number of carbonyl (C=O) groups is 1. The summed E-state index contributed by atoms with van der Waals surface area (Å²) < 4.78 is 0. The predicted molar refractivity (Wildman–Crippen MR) is 106 cm³/mol. The van der Waals surface area contributed by atoms with E-state index in [0.29, 0.717) is 12.1 Å². The average Bonchev–Trinajstić information content (AvgIpc) is 2.81. The summed E-state index contributed by atoms with van der Waals surface area (Å²) in [6.45, 7) is 5.95. The molecule has 2 aliphatic rings. The fourth-order valence-electron chi connectivity index (χ4n) is 4.05. The molecule has 4 nitrogen and oxygen atoms in total. The van der Waals surface area contributed by atoms with Crippen molar-refractivity contribution in [3.63, 3.8) is 0 Å². The molecule has 0 unspecified atom stereocenters. The highest BCUT2D eigenvalue weighted by Crippen LogP contribution is 2.30. The van der Waals surface area contributed by atoms with E-state index in [4.69, 9.17) is 0 Å². The zero-order valence-corrected chi connectivity index (χ0v) is 16.3. The zero-order chi connectivity index (χ0) is 16.0. The van der Waals surface area contributed by atoms with Crippen molar-refractivity contribution < 1.29 is 4.79 Å². The lowest BCUT2D eigenvalue weighted by Gasteiger charge is -2.35. The molecular formula is C19H25Cl2N3O. The standard InChI is InChI=1S/C19H23N3O.2ClH/c1-3-13-4-7-18-16(9-13)17(8-12(2)21-18)19(23)22-14-5-6-15(22)11-20-10-14;;/h4,7-9,14-15,20H,3,5-6,10-11H2,1-2H3;2*1H/t14-,15+;;. The molecule has 0 spiro atoms. The quantitative estimate of drug-likeness (QED) is 0.865. The van der Waals surface area contributed by atoms with Gasteiger partial charge in [0, 0.05) is 36.3 Å². The van der Waals surface area contributed by atoms with Crippen LogP contribution < -0.4 is 5.32 Å². The van der Waals surface area contributed by atoms with Crippen molar-refractivity contribution in [3.8, 4) is 0 Å². The second-order valence-electron chi connectivity index (χ2n) is 6.77. The number of benzene rings is 1. The van der Waals surface area contributed by atoms with Gasteiger partial charge in [-0.1, -0.05) is 13.0 Å². The Morgan fingerprint density at radius 1 is 1.20 bits per heavy atom. The first-order chi connectivity index (χ1) is 11.2. The number of hydrogen-bond acceptors (Lipinski definition) is 3. The Balaban J connectivity index is 0.00000113. The molecule has 2 saturated heterocycles. The summed E-state index contributed by atoms with van der Waals surface area (Å²) in [5.41, 5.74) is 3.91. The molecule has 3 heterocycles. The molecule has 0 saturated carbocycles. The summed E-state index contributed by atoms with van der Waals surface area (Å²) in [6.07, 6.45) is 3.20. The molecule has 0 aliphatic carbocycles. The van der Waals surface area contributed by atoms with Crippen LogP contribution in [0.4, 0.5) is 0 Å². The largest absolute Gasteiger partial charge is 0.330 e. The number of pyridine rings is 1. The Morgan fingerprint density at radius 2 is 1.88 bits per heavy atom. The topological polar surface area (TPSA) is 45.2 Å². The molecule has 1 aromatic heterocycles. The minimum atomic E-state index is 0. The van der Waals surface area contributed by atoms with E-state index in [2.05, 4.69) is 34.3 Å². The number of nitrogens with zero attached hydrogens (tertiary/aromatic N) is 2. The normalized spacial score (nSPS) is 21.6. The molecule has 2 bridgehead atoms. The first-order valence-electron chi connectivity index (χ1n) is 8.61. The zero-order valence-electron chi connectivity index (χ0n) is 14.6. The summed E-state index contributed by atoms with van der Waals surface area (Å²) in [5.74, 6) is 0.183. The molecule has 2 aromatic rings. The van der Waals surface area contributed by atoms with Gasteiger partial charge in [0.2, 0.25) is 0 Å². The summed E-state index contributed by atoms with van der Waals surface area (Å²) in [4.78, 5) is 20.0. The Morgan fingerprint density at radius 3 is 2.52 bits per heavy atom. The minimum Gasteiger partial charge on any atom is -0.330 e. The van der Waals surface area contributed by atoms with Gasteiger partial charge < -0.3 is 10.2 Å².